The summed E-state index contributed by atoms with van der Waals surface area (Å²) in [4.78, 5) is 1.98. The molecule has 5 rings (SSSR count). The summed E-state index contributed by atoms with van der Waals surface area (Å²) in [6, 6.07) is 2.79. The van der Waals surface area contributed by atoms with E-state index in [2.05, 4.69) is 0 Å². The third-order valence-corrected chi connectivity index (χ3v) is 5.83. The summed E-state index contributed by atoms with van der Waals surface area (Å²) in [6.45, 7) is 0.709. The molecule has 1 spiro atoms. The van der Waals surface area contributed by atoms with Crippen LogP contribution in [0.3, 0.4) is 0 Å². The van der Waals surface area contributed by atoms with Crippen molar-refractivity contribution in [2.24, 2.45) is 5.89 Å². The first-order valence-corrected chi connectivity index (χ1v) is 7.85. The van der Waals surface area contributed by atoms with Gasteiger partial charge in [0.05, 0.1) is 7.11 Å². The number of likely N-dealkylation sites (N-methyl/N-ethyl adjacent to an activating group) is 1. The van der Waals surface area contributed by atoms with Crippen LogP contribution in [-0.4, -0.2) is 48.9 Å². The summed E-state index contributed by atoms with van der Waals surface area (Å²) in [5.41, 5.74) is 1.33. The predicted molar refractivity (Wildman–Crippen MR) is 82.5 cm³/mol. The predicted octanol–water partition coefficient (Wildman–Crippen LogP) is 1.50. The van der Waals surface area contributed by atoms with Gasteiger partial charge in [-0.15, -0.1) is 0 Å². The van der Waals surface area contributed by atoms with E-state index in [9.17, 15) is 7.85 Å². The van der Waals surface area contributed by atoms with Crippen molar-refractivity contribution in [3.05, 3.63) is 35.4 Å². The van der Waals surface area contributed by atoms with Gasteiger partial charge in [-0.25, -0.2) is 0 Å². The molecule has 0 radical (unpaired) electrons. The second-order valence-electron chi connectivity index (χ2n) is 6.70. The molecule has 2 unspecified atom stereocenters. The van der Waals surface area contributed by atoms with Crippen LogP contribution in [0.5, 0.6) is 11.5 Å². The van der Waals surface area contributed by atoms with Crippen LogP contribution in [0.2, 0.25) is 0 Å². The molecule has 1 aromatic carbocycles. The van der Waals surface area contributed by atoms with Gasteiger partial charge in [0.25, 0.3) is 0 Å². The van der Waals surface area contributed by atoms with Crippen molar-refractivity contribution in [1.29, 1.82) is 0 Å². The number of aliphatic hydroxyl groups excluding tert-OH is 1. The van der Waals surface area contributed by atoms with E-state index in [-0.39, 0.29) is 0 Å². The fourth-order valence-corrected chi connectivity index (χ4v) is 4.83. The summed E-state index contributed by atoms with van der Waals surface area (Å²) in [6.07, 6.45) is 3.23. The van der Waals surface area contributed by atoms with Crippen LogP contribution in [0.25, 0.3) is 0 Å². The molecule has 22 heavy (non-hydrogen) atoms. The fourth-order valence-electron chi connectivity index (χ4n) is 4.83. The van der Waals surface area contributed by atoms with Crippen LogP contribution in [0.4, 0.5) is 0 Å². The number of aliphatic hydroxyl groups is 1. The van der Waals surface area contributed by atoms with Crippen LogP contribution in [0.15, 0.2) is 24.3 Å². The molecule has 4 aliphatic rings. The lowest BCUT2D eigenvalue weighted by Crippen LogP contribution is -2.64. The Morgan fingerprint density at radius 2 is 2.32 bits per heavy atom. The Bertz CT molecular complexity index is 784. The SMILES string of the molecule is [2H][C@@]12C=CC(O)C3Oc4c(OC)ccc5c4[C@@]31CCN(C)[C@]2([2H])C5. The van der Waals surface area contributed by atoms with E-state index >= 15 is 0 Å². The molecule has 0 aromatic heterocycles. The highest BCUT2D eigenvalue weighted by molar-refractivity contribution is 5.62. The van der Waals surface area contributed by atoms with E-state index in [4.69, 9.17) is 9.47 Å². The number of methoxy groups -OCH3 is 1. The lowest BCUT2D eigenvalue weighted by molar-refractivity contribution is -0.0453. The summed E-state index contributed by atoms with van der Waals surface area (Å²) >= 11 is 0. The molecular weight excluding hydrogens is 278 g/mol. The average Bonchev–Trinajstić information content (AvgIpc) is 2.92. The third kappa shape index (κ3) is 1.28. The Morgan fingerprint density at radius 3 is 3.14 bits per heavy atom. The molecule has 2 heterocycles. The van der Waals surface area contributed by atoms with Gasteiger partial charge in [-0.05, 0) is 38.1 Å². The molecule has 4 nitrogen and oxygen atoms in total. The zero-order valence-corrected chi connectivity index (χ0v) is 12.8. The van der Waals surface area contributed by atoms with E-state index in [0.29, 0.717) is 30.9 Å². The van der Waals surface area contributed by atoms with Gasteiger partial charge in [-0.1, -0.05) is 18.2 Å². The van der Waals surface area contributed by atoms with Crippen molar-refractivity contribution < 1.29 is 17.3 Å². The minimum Gasteiger partial charge on any atom is -0.493 e. The molecule has 1 N–H and O–H groups in total. The van der Waals surface area contributed by atoms with Crippen molar-refractivity contribution in [3.63, 3.8) is 0 Å². The minimum atomic E-state index is -1.17. The van der Waals surface area contributed by atoms with E-state index in [0.717, 1.165) is 11.1 Å². The topological polar surface area (TPSA) is 41.9 Å². The quantitative estimate of drug-likeness (QED) is 0.798. The van der Waals surface area contributed by atoms with E-state index in [1.807, 2.05) is 24.1 Å². The standard InChI is InChI=1S/C18H21NO3/c1-19-8-7-18-11-4-5-13(20)17(18)22-16-14(21-2)6-3-10(15(16)18)9-12(11)19/h3-6,11-13,17,20H,7-9H2,1-2H3/t11-,12+,13?,17?,18-/m0/s1/i11D,12D. The van der Waals surface area contributed by atoms with Crippen molar-refractivity contribution in [3.8, 4) is 11.5 Å². The Morgan fingerprint density at radius 1 is 1.45 bits per heavy atom. The maximum absolute atomic E-state index is 10.6. The molecule has 0 saturated carbocycles. The van der Waals surface area contributed by atoms with Crippen molar-refractivity contribution in [2.75, 3.05) is 20.7 Å². The van der Waals surface area contributed by atoms with Crippen LogP contribution in [-0.2, 0) is 11.8 Å². The molecule has 2 aliphatic heterocycles. The first kappa shape index (κ1) is 11.1. The summed E-state index contributed by atoms with van der Waals surface area (Å²) < 4.78 is 30.3. The second kappa shape index (κ2) is 4.06. The Balaban J connectivity index is 1.90. The number of benzene rings is 1. The van der Waals surface area contributed by atoms with E-state index < -0.39 is 29.5 Å². The lowest BCUT2D eigenvalue weighted by Gasteiger charge is -2.56. The molecule has 0 amide bonds. The molecule has 2 bridgehead atoms. The fraction of sp³-hybridized carbons (Fsp3) is 0.556. The largest absolute Gasteiger partial charge is 0.493 e. The van der Waals surface area contributed by atoms with Gasteiger partial charge in [0.2, 0.25) is 0 Å². The number of piperidine rings is 1. The van der Waals surface area contributed by atoms with E-state index in [1.54, 1.807) is 19.3 Å². The van der Waals surface area contributed by atoms with Crippen LogP contribution >= 0.6 is 0 Å². The maximum atomic E-state index is 10.6. The molecule has 4 heteroatoms. The molecule has 5 atom stereocenters. The van der Waals surface area contributed by atoms with Crippen molar-refractivity contribution in [1.82, 2.24) is 4.90 Å². The molecular formula is C18H21NO3. The first-order chi connectivity index (χ1) is 11.4. The number of likely N-dealkylation sites (tertiary alicyclic amines) is 1. The highest BCUT2D eigenvalue weighted by atomic mass is 16.5. The number of hydrogen-bond acceptors (Lipinski definition) is 4. The minimum absolute atomic E-state index is 0.470. The molecule has 2 aliphatic carbocycles. The van der Waals surface area contributed by atoms with Crippen LogP contribution < -0.4 is 9.47 Å². The van der Waals surface area contributed by atoms with E-state index in [1.165, 1.54) is 0 Å². The van der Waals surface area contributed by atoms with Gasteiger partial charge in [-0.2, -0.15) is 0 Å². The smallest absolute Gasteiger partial charge is 0.165 e. The van der Waals surface area contributed by atoms with Crippen molar-refractivity contribution in [2.45, 2.75) is 36.5 Å². The Kier molecular flexibility index (Phi) is 2.05. The highest BCUT2D eigenvalue weighted by Gasteiger charge is 2.64. The second-order valence-corrected chi connectivity index (χ2v) is 6.70. The zero-order chi connectivity index (χ0) is 16.9. The molecule has 116 valence electrons. The van der Waals surface area contributed by atoms with Gasteiger partial charge in [0.15, 0.2) is 11.5 Å². The Hall–Kier alpha value is -1.52. The van der Waals surface area contributed by atoms with Gasteiger partial charge < -0.3 is 19.5 Å². The molecule has 1 fully saturated rings. The Labute approximate surface area is 133 Å². The van der Waals surface area contributed by atoms with Crippen LogP contribution in [0, 0.1) is 5.89 Å². The number of ether oxygens (including phenoxy) is 2. The van der Waals surface area contributed by atoms with Gasteiger partial charge >= 0.3 is 0 Å². The lowest BCUT2D eigenvalue weighted by atomic mass is 9.53. The molecule has 1 aromatic rings. The van der Waals surface area contributed by atoms with Gasteiger partial charge in [0, 0.05) is 25.6 Å². The summed E-state index contributed by atoms with van der Waals surface area (Å²) in [7, 11) is 3.53. The highest BCUT2D eigenvalue weighted by Crippen LogP contribution is 2.62. The average molecular weight is 301 g/mol. The van der Waals surface area contributed by atoms with Crippen LogP contribution in [0.1, 0.15) is 20.3 Å². The number of hydrogen-bond donors (Lipinski definition) is 1. The maximum Gasteiger partial charge on any atom is 0.165 e. The molecule has 1 saturated heterocycles. The number of nitrogens with zero attached hydrogens (tertiary/aromatic N) is 1. The monoisotopic (exact) mass is 301 g/mol. The van der Waals surface area contributed by atoms with Gasteiger partial charge in [-0.3, -0.25) is 0 Å². The first-order valence-electron chi connectivity index (χ1n) is 8.85. The number of rotatable bonds is 1. The summed E-state index contributed by atoms with van der Waals surface area (Å²) in [5, 5.41) is 10.6. The normalized spacial score (nSPS) is 49.0. The zero-order valence-electron chi connectivity index (χ0n) is 14.8. The third-order valence-electron chi connectivity index (χ3n) is 5.83. The summed E-state index contributed by atoms with van der Waals surface area (Å²) in [5.74, 6) is 0.135. The van der Waals surface area contributed by atoms with Gasteiger partial charge in [0.1, 0.15) is 12.2 Å². The van der Waals surface area contributed by atoms with Crippen molar-refractivity contribution >= 4 is 0 Å².